The van der Waals surface area contributed by atoms with E-state index in [9.17, 15) is 14.7 Å². The smallest absolute Gasteiger partial charge is 0.327 e. The van der Waals surface area contributed by atoms with Gasteiger partial charge in [0.05, 0.1) is 0 Å². The molecular weight excluding hydrogens is 558 g/mol. The summed E-state index contributed by atoms with van der Waals surface area (Å²) in [5, 5.41) is 13.1. The number of carboxylic acid groups (broad SMARTS) is 1. The Hall–Kier alpha value is -4.08. The first-order chi connectivity index (χ1) is 20.0. The summed E-state index contributed by atoms with van der Waals surface area (Å²) in [4.78, 5) is 39.1. The van der Waals surface area contributed by atoms with Crippen LogP contribution in [0.25, 0.3) is 11.4 Å². The van der Waals surface area contributed by atoms with Crippen molar-refractivity contribution in [2.24, 2.45) is 0 Å². The molecule has 3 aromatic carbocycles. The van der Waals surface area contributed by atoms with Crippen LogP contribution >= 0.6 is 23.4 Å². The van der Waals surface area contributed by atoms with Crippen molar-refractivity contribution in [3.05, 3.63) is 107 Å². The topological polar surface area (TPSA) is 98.7 Å². The number of piperazine rings is 1. The van der Waals surface area contributed by atoms with Gasteiger partial charge >= 0.3 is 5.97 Å². The highest BCUT2D eigenvalue weighted by molar-refractivity contribution is 7.98. The standard InChI is InChI=1S/C31H30ClN5O3S/c32-24-13-11-23(12-14-24)29-33-26(30(38)34-27(31(39)40)21-41-20-22-7-3-1-4-8-22)19-28(35-29)37-17-15-36(16-18-37)25-9-5-2-6-10-25/h1-14,19,27H,15-18,20-21H2,(H,34,38)(H,39,40). The van der Waals surface area contributed by atoms with Gasteiger partial charge in [0.2, 0.25) is 0 Å². The fourth-order valence-electron chi connectivity index (χ4n) is 4.55. The lowest BCUT2D eigenvalue weighted by Crippen LogP contribution is -2.47. The number of nitrogens with zero attached hydrogens (tertiary/aromatic N) is 4. The molecule has 0 bridgehead atoms. The van der Waals surface area contributed by atoms with E-state index in [1.165, 1.54) is 17.4 Å². The van der Waals surface area contributed by atoms with Crippen molar-refractivity contribution in [2.75, 3.05) is 41.7 Å². The molecule has 1 aliphatic rings. The lowest BCUT2D eigenvalue weighted by Gasteiger charge is -2.36. The van der Waals surface area contributed by atoms with Crippen molar-refractivity contribution in [3.8, 4) is 11.4 Å². The average molecular weight is 588 g/mol. The Bertz CT molecular complexity index is 1470. The minimum atomic E-state index is -1.09. The van der Waals surface area contributed by atoms with Crippen LogP contribution in [0.4, 0.5) is 11.5 Å². The molecule has 2 heterocycles. The van der Waals surface area contributed by atoms with Gasteiger partial charge < -0.3 is 20.2 Å². The van der Waals surface area contributed by atoms with Crippen LogP contribution in [0.3, 0.4) is 0 Å². The van der Waals surface area contributed by atoms with E-state index in [1.54, 1.807) is 30.3 Å². The van der Waals surface area contributed by atoms with Gasteiger partial charge in [-0.05, 0) is 42.0 Å². The quantitative estimate of drug-likeness (QED) is 0.260. The second-order valence-corrected chi connectivity index (χ2v) is 11.1. The molecular formula is C31H30ClN5O3S. The lowest BCUT2D eigenvalue weighted by molar-refractivity contribution is -0.138. The molecule has 1 fully saturated rings. The summed E-state index contributed by atoms with van der Waals surface area (Å²) < 4.78 is 0. The monoisotopic (exact) mass is 587 g/mol. The van der Waals surface area contributed by atoms with Crippen LogP contribution in [0.15, 0.2) is 91.0 Å². The third-order valence-electron chi connectivity index (χ3n) is 6.77. The largest absolute Gasteiger partial charge is 0.480 e. The third-order valence-corrected chi connectivity index (χ3v) is 8.13. The summed E-state index contributed by atoms with van der Waals surface area (Å²) in [5.74, 6) is 0.212. The van der Waals surface area contributed by atoms with Crippen LogP contribution in [-0.2, 0) is 10.5 Å². The highest BCUT2D eigenvalue weighted by atomic mass is 35.5. The molecule has 10 heteroatoms. The summed E-state index contributed by atoms with van der Waals surface area (Å²) in [6.45, 7) is 3.01. The molecule has 5 rings (SSSR count). The number of anilines is 2. The maximum Gasteiger partial charge on any atom is 0.327 e. The van der Waals surface area contributed by atoms with E-state index in [-0.39, 0.29) is 11.4 Å². The molecule has 1 aliphatic heterocycles. The Morgan fingerprint density at radius 3 is 2.17 bits per heavy atom. The molecule has 0 radical (unpaired) electrons. The zero-order valence-corrected chi connectivity index (χ0v) is 23.9. The first kappa shape index (κ1) is 28.4. The van der Waals surface area contributed by atoms with Gasteiger partial charge in [-0.1, -0.05) is 60.1 Å². The molecule has 4 aromatic rings. The zero-order valence-electron chi connectivity index (χ0n) is 22.3. The van der Waals surface area contributed by atoms with Gasteiger partial charge in [0.15, 0.2) is 5.82 Å². The lowest BCUT2D eigenvalue weighted by atomic mass is 10.2. The van der Waals surface area contributed by atoms with Crippen LogP contribution in [0.2, 0.25) is 5.02 Å². The molecule has 1 amide bonds. The molecule has 2 N–H and O–H groups in total. The molecule has 1 saturated heterocycles. The SMILES string of the molecule is O=C(NC(CSCc1ccccc1)C(=O)O)c1cc(N2CCN(c3ccccc3)CC2)nc(-c2ccc(Cl)cc2)n1. The normalized spacial score (nSPS) is 14.0. The zero-order chi connectivity index (χ0) is 28.6. The van der Waals surface area contributed by atoms with Crippen LogP contribution in [0.5, 0.6) is 0 Å². The number of carbonyl (C=O) groups is 2. The number of aromatic nitrogens is 2. The second-order valence-electron chi connectivity index (χ2n) is 9.62. The number of carboxylic acids is 1. The fourth-order valence-corrected chi connectivity index (χ4v) is 5.68. The third kappa shape index (κ3) is 7.56. The first-order valence-electron chi connectivity index (χ1n) is 13.3. The van der Waals surface area contributed by atoms with E-state index < -0.39 is 17.9 Å². The van der Waals surface area contributed by atoms with Crippen LogP contribution < -0.4 is 15.1 Å². The molecule has 41 heavy (non-hydrogen) atoms. The molecule has 0 aliphatic carbocycles. The van der Waals surface area contributed by atoms with Gasteiger partial charge in [-0.15, -0.1) is 0 Å². The maximum atomic E-state index is 13.4. The molecule has 0 spiro atoms. The minimum absolute atomic E-state index is 0.116. The molecule has 1 unspecified atom stereocenters. The number of benzene rings is 3. The molecule has 210 valence electrons. The van der Waals surface area contributed by atoms with Crippen LogP contribution in [0.1, 0.15) is 16.1 Å². The Kier molecular flexibility index (Phi) is 9.38. The number of amides is 1. The Morgan fingerprint density at radius 2 is 1.51 bits per heavy atom. The number of halogens is 1. The van der Waals surface area contributed by atoms with Gasteiger partial charge in [0, 0.05) is 60.0 Å². The fraction of sp³-hybridized carbons (Fsp3) is 0.226. The number of para-hydroxylation sites is 1. The van der Waals surface area contributed by atoms with E-state index in [1.807, 2.05) is 48.5 Å². The average Bonchev–Trinajstić information content (AvgIpc) is 3.01. The van der Waals surface area contributed by atoms with Crippen molar-refractivity contribution >= 4 is 46.7 Å². The van der Waals surface area contributed by atoms with Crippen molar-refractivity contribution < 1.29 is 14.7 Å². The summed E-state index contributed by atoms with van der Waals surface area (Å²) in [7, 11) is 0. The number of hydrogen-bond donors (Lipinski definition) is 2. The Labute approximate surface area is 248 Å². The summed E-state index contributed by atoms with van der Waals surface area (Å²) in [5.41, 5.74) is 3.08. The maximum absolute atomic E-state index is 13.4. The number of aliphatic carboxylic acids is 1. The highest BCUT2D eigenvalue weighted by Gasteiger charge is 2.25. The number of nitrogens with one attached hydrogen (secondary N) is 1. The number of carbonyl (C=O) groups excluding carboxylic acids is 1. The van der Waals surface area contributed by atoms with Crippen molar-refractivity contribution in [1.82, 2.24) is 15.3 Å². The summed E-state index contributed by atoms with van der Waals surface area (Å²) in [6.07, 6.45) is 0. The van der Waals surface area contributed by atoms with Crippen LogP contribution in [-0.4, -0.2) is 64.9 Å². The van der Waals surface area contributed by atoms with Gasteiger partial charge in [-0.3, -0.25) is 4.79 Å². The predicted octanol–water partition coefficient (Wildman–Crippen LogP) is 5.24. The van der Waals surface area contributed by atoms with Gasteiger partial charge in [0.1, 0.15) is 17.6 Å². The molecule has 8 nitrogen and oxygen atoms in total. The van der Waals surface area contributed by atoms with Crippen molar-refractivity contribution in [1.29, 1.82) is 0 Å². The van der Waals surface area contributed by atoms with E-state index in [0.29, 0.717) is 41.1 Å². The first-order valence-corrected chi connectivity index (χ1v) is 14.8. The molecule has 1 atom stereocenters. The number of hydrogen-bond acceptors (Lipinski definition) is 7. The van der Waals surface area contributed by atoms with E-state index in [0.717, 1.165) is 18.7 Å². The van der Waals surface area contributed by atoms with E-state index in [2.05, 4.69) is 32.2 Å². The van der Waals surface area contributed by atoms with Crippen LogP contribution in [0, 0.1) is 0 Å². The Balaban J connectivity index is 1.34. The number of thioether (sulfide) groups is 1. The van der Waals surface area contributed by atoms with E-state index in [4.69, 9.17) is 16.6 Å². The summed E-state index contributed by atoms with van der Waals surface area (Å²) >= 11 is 7.54. The molecule has 0 saturated carbocycles. The molecule has 1 aromatic heterocycles. The number of rotatable bonds is 10. The van der Waals surface area contributed by atoms with Gasteiger partial charge in [-0.2, -0.15) is 11.8 Å². The van der Waals surface area contributed by atoms with Crippen molar-refractivity contribution in [3.63, 3.8) is 0 Å². The van der Waals surface area contributed by atoms with Crippen molar-refractivity contribution in [2.45, 2.75) is 11.8 Å². The van der Waals surface area contributed by atoms with Gasteiger partial charge in [0.25, 0.3) is 5.91 Å². The highest BCUT2D eigenvalue weighted by Crippen LogP contribution is 2.24. The Morgan fingerprint density at radius 1 is 0.878 bits per heavy atom. The predicted molar refractivity (Wildman–Crippen MR) is 165 cm³/mol. The second kappa shape index (κ2) is 13.5. The van der Waals surface area contributed by atoms with Gasteiger partial charge in [-0.25, -0.2) is 14.8 Å². The summed E-state index contributed by atoms with van der Waals surface area (Å²) in [6, 6.07) is 27.7. The minimum Gasteiger partial charge on any atom is -0.480 e. The van der Waals surface area contributed by atoms with E-state index >= 15 is 0 Å².